The zero-order valence-corrected chi connectivity index (χ0v) is 13.9. The van der Waals surface area contributed by atoms with Crippen molar-refractivity contribution in [1.82, 2.24) is 4.98 Å². The average molecular weight is 400 g/mol. The molecule has 1 unspecified atom stereocenters. The van der Waals surface area contributed by atoms with E-state index in [-0.39, 0.29) is 17.7 Å². The van der Waals surface area contributed by atoms with Gasteiger partial charge >= 0.3 is 0 Å². The Morgan fingerprint density at radius 3 is 2.83 bits per heavy atom. The van der Waals surface area contributed by atoms with Crippen LogP contribution in [0.25, 0.3) is 0 Å². The molecule has 1 amide bonds. The van der Waals surface area contributed by atoms with Gasteiger partial charge in [-0.05, 0) is 52.0 Å². The topological polar surface area (TPSA) is 68.0 Å². The summed E-state index contributed by atoms with van der Waals surface area (Å²) in [6, 6.07) is 3.87. The van der Waals surface area contributed by atoms with E-state index in [1.807, 2.05) is 0 Å². The van der Waals surface area contributed by atoms with Crippen LogP contribution >= 0.6 is 15.9 Å². The molecule has 1 aliphatic carbocycles. The highest BCUT2D eigenvalue weighted by Gasteiger charge is 2.43. The second kappa shape index (κ2) is 6.18. The highest BCUT2D eigenvalue weighted by atomic mass is 79.9. The van der Waals surface area contributed by atoms with Gasteiger partial charge in [-0.2, -0.15) is 0 Å². The number of anilines is 1. The fourth-order valence-electron chi connectivity index (χ4n) is 2.84. The van der Waals surface area contributed by atoms with E-state index in [4.69, 9.17) is 5.73 Å². The number of nitrogens with two attached hydrogens (primary N) is 1. The van der Waals surface area contributed by atoms with Gasteiger partial charge in [0.2, 0.25) is 5.91 Å². The maximum Gasteiger partial charge on any atom is 0.265 e. The van der Waals surface area contributed by atoms with Gasteiger partial charge in [0.15, 0.2) is 0 Å². The Bertz CT molecular complexity index is 815. The van der Waals surface area contributed by atoms with Crippen molar-refractivity contribution in [2.24, 2.45) is 5.73 Å². The Hall–Kier alpha value is -1.93. The van der Waals surface area contributed by atoms with Crippen LogP contribution in [0.3, 0.4) is 0 Å². The minimum Gasteiger partial charge on any atom is -0.323 e. The first kappa shape index (κ1) is 16.9. The van der Waals surface area contributed by atoms with Gasteiger partial charge in [0.05, 0.1) is 16.4 Å². The van der Waals surface area contributed by atoms with Crippen LogP contribution in [0.1, 0.15) is 29.5 Å². The van der Waals surface area contributed by atoms with Crippen molar-refractivity contribution < 1.29 is 18.0 Å². The molecule has 4 nitrogen and oxygen atoms in total. The van der Waals surface area contributed by atoms with Crippen LogP contribution in [0.5, 0.6) is 0 Å². The molecule has 1 aliphatic rings. The van der Waals surface area contributed by atoms with Gasteiger partial charge in [0.1, 0.15) is 11.4 Å². The molecule has 0 fully saturated rings. The van der Waals surface area contributed by atoms with Crippen molar-refractivity contribution in [3.63, 3.8) is 0 Å². The molecule has 0 saturated heterocycles. The number of fused-ring (bicyclic) bond motifs is 1. The number of hydrogen-bond donors (Lipinski definition) is 2. The quantitative estimate of drug-likeness (QED) is 0.827. The van der Waals surface area contributed by atoms with E-state index >= 15 is 0 Å². The molecule has 1 atom stereocenters. The van der Waals surface area contributed by atoms with Crippen LogP contribution in [-0.4, -0.2) is 10.9 Å². The van der Waals surface area contributed by atoms with Crippen molar-refractivity contribution in [3.8, 4) is 0 Å². The maximum absolute atomic E-state index is 13.6. The highest BCUT2D eigenvalue weighted by molar-refractivity contribution is 9.10. The van der Waals surface area contributed by atoms with Gasteiger partial charge in [-0.3, -0.25) is 9.78 Å². The molecule has 3 rings (SSSR count). The van der Waals surface area contributed by atoms with Crippen LogP contribution in [0.4, 0.5) is 18.9 Å². The number of carbonyl (C=O) groups is 1. The van der Waals surface area contributed by atoms with Crippen LogP contribution in [0.2, 0.25) is 0 Å². The maximum atomic E-state index is 13.6. The van der Waals surface area contributed by atoms with E-state index in [2.05, 4.69) is 26.2 Å². The van der Waals surface area contributed by atoms with E-state index in [0.29, 0.717) is 22.0 Å². The largest absolute Gasteiger partial charge is 0.323 e. The molecule has 0 aliphatic heterocycles. The molecule has 126 valence electrons. The fourth-order valence-corrected chi connectivity index (χ4v) is 3.38. The summed E-state index contributed by atoms with van der Waals surface area (Å²) in [5.74, 6) is -0.972. The molecule has 0 saturated carbocycles. The molecule has 2 aromatic rings. The minimum absolute atomic E-state index is 0.136. The lowest BCUT2D eigenvalue weighted by molar-refractivity contribution is -0.121. The molecular formula is C16H13BrF3N3O. The smallest absolute Gasteiger partial charge is 0.265 e. The van der Waals surface area contributed by atoms with Crippen molar-refractivity contribution in [2.75, 3.05) is 5.32 Å². The third-order valence-corrected chi connectivity index (χ3v) is 4.98. The van der Waals surface area contributed by atoms with Crippen molar-refractivity contribution in [1.29, 1.82) is 0 Å². The number of nitrogens with one attached hydrogen (secondary N) is 1. The van der Waals surface area contributed by atoms with Crippen molar-refractivity contribution in [3.05, 3.63) is 57.6 Å². The van der Waals surface area contributed by atoms with Gasteiger partial charge in [-0.1, -0.05) is 6.07 Å². The number of aromatic nitrogens is 1. The summed E-state index contributed by atoms with van der Waals surface area (Å²) in [7, 11) is 0. The summed E-state index contributed by atoms with van der Waals surface area (Å²) in [5.41, 5.74) is 5.91. The predicted octanol–water partition coefficient (Wildman–Crippen LogP) is 3.66. The van der Waals surface area contributed by atoms with E-state index in [1.54, 1.807) is 0 Å². The van der Waals surface area contributed by atoms with Crippen LogP contribution in [0.15, 0.2) is 35.1 Å². The molecule has 0 bridgehead atoms. The Morgan fingerprint density at radius 2 is 2.12 bits per heavy atom. The second-order valence-corrected chi connectivity index (χ2v) is 6.41. The van der Waals surface area contributed by atoms with Crippen molar-refractivity contribution in [2.45, 2.75) is 24.8 Å². The lowest BCUT2D eigenvalue weighted by atomic mass is 9.92. The molecule has 1 heterocycles. The summed E-state index contributed by atoms with van der Waals surface area (Å²) >= 11 is 3.17. The summed E-state index contributed by atoms with van der Waals surface area (Å²) in [4.78, 5) is 16.3. The first-order chi connectivity index (χ1) is 11.3. The number of rotatable bonds is 3. The summed E-state index contributed by atoms with van der Waals surface area (Å²) < 4.78 is 39.4. The molecule has 0 spiro atoms. The molecule has 0 radical (unpaired) electrons. The number of nitrogens with zero attached hydrogens (tertiary/aromatic N) is 1. The number of alkyl halides is 2. The van der Waals surface area contributed by atoms with Gasteiger partial charge in [-0.15, -0.1) is 0 Å². The molecular weight excluding hydrogens is 387 g/mol. The molecule has 24 heavy (non-hydrogen) atoms. The number of halogens is 4. The Kier molecular flexibility index (Phi) is 4.35. The van der Waals surface area contributed by atoms with Crippen LogP contribution in [-0.2, 0) is 16.8 Å². The SMILES string of the molecule is NC1(C(=O)Nc2cncc(C(F)F)c2)CCc2c1ccc(F)c2Br. The highest BCUT2D eigenvalue weighted by Crippen LogP contribution is 2.40. The second-order valence-electron chi connectivity index (χ2n) is 5.62. The standard InChI is InChI=1S/C16H13BrF3N3O/c17-13-10-3-4-16(21,11(10)1-2-12(13)18)15(24)23-9-5-8(14(19)20)6-22-7-9/h1-2,5-7,14H,3-4,21H2,(H,23,24). The number of benzene rings is 1. The summed E-state index contributed by atoms with van der Waals surface area (Å²) in [5, 5.41) is 2.53. The van der Waals surface area contributed by atoms with Gasteiger partial charge in [0, 0.05) is 11.8 Å². The van der Waals surface area contributed by atoms with Crippen LogP contribution in [0, 0.1) is 5.82 Å². The Balaban J connectivity index is 1.89. The number of pyridine rings is 1. The monoisotopic (exact) mass is 399 g/mol. The van der Waals surface area contributed by atoms with Crippen molar-refractivity contribution >= 4 is 27.5 Å². The molecule has 1 aromatic carbocycles. The van der Waals surface area contributed by atoms with Gasteiger partial charge < -0.3 is 11.1 Å². The Morgan fingerprint density at radius 1 is 1.38 bits per heavy atom. The normalized spacial score (nSPS) is 19.4. The lowest BCUT2D eigenvalue weighted by Gasteiger charge is -2.24. The minimum atomic E-state index is -2.69. The van der Waals surface area contributed by atoms with Gasteiger partial charge in [-0.25, -0.2) is 13.2 Å². The van der Waals surface area contributed by atoms with E-state index in [9.17, 15) is 18.0 Å². The zero-order chi connectivity index (χ0) is 17.5. The van der Waals surface area contributed by atoms with E-state index in [1.165, 1.54) is 18.3 Å². The number of carbonyl (C=O) groups excluding carboxylic acids is 1. The first-order valence-electron chi connectivity index (χ1n) is 7.13. The van der Waals surface area contributed by atoms with E-state index in [0.717, 1.165) is 12.3 Å². The lowest BCUT2D eigenvalue weighted by Crippen LogP contribution is -2.46. The van der Waals surface area contributed by atoms with E-state index < -0.39 is 23.7 Å². The third kappa shape index (κ3) is 2.80. The predicted molar refractivity (Wildman–Crippen MR) is 86.1 cm³/mol. The molecule has 8 heteroatoms. The fraction of sp³-hybridized carbons (Fsp3) is 0.250. The average Bonchev–Trinajstić information content (AvgIpc) is 2.90. The number of amides is 1. The molecule has 1 aromatic heterocycles. The summed E-state index contributed by atoms with van der Waals surface area (Å²) in [6.45, 7) is 0. The Labute approximate surface area is 144 Å². The van der Waals surface area contributed by atoms with Crippen LogP contribution < -0.4 is 11.1 Å². The molecule has 3 N–H and O–H groups in total. The zero-order valence-electron chi connectivity index (χ0n) is 12.3. The number of hydrogen-bond acceptors (Lipinski definition) is 3. The van der Waals surface area contributed by atoms with Gasteiger partial charge in [0.25, 0.3) is 6.43 Å². The summed E-state index contributed by atoms with van der Waals surface area (Å²) in [6.07, 6.45) is 0.338. The first-order valence-corrected chi connectivity index (χ1v) is 7.93. The third-order valence-electron chi connectivity index (χ3n) is 4.12.